The molecule has 0 heterocycles. The number of hydrogen-bond donors (Lipinski definition) is 1. The number of benzene rings is 2. The zero-order valence-electron chi connectivity index (χ0n) is 13.1. The molecule has 0 aliphatic carbocycles. The normalized spacial score (nSPS) is 8.45. The minimum atomic E-state index is -0.0486. The van der Waals surface area contributed by atoms with Crippen molar-refractivity contribution in [3.63, 3.8) is 0 Å². The SMILES string of the molecule is CC.CC.CC(=O)Nc1ccc(-c2ccccc2)cc1. The highest BCUT2D eigenvalue weighted by Gasteiger charge is 1.98. The maximum atomic E-state index is 10.9. The molecule has 0 radical (unpaired) electrons. The Balaban J connectivity index is 0.000000829. The lowest BCUT2D eigenvalue weighted by Gasteiger charge is -2.04. The lowest BCUT2D eigenvalue weighted by Crippen LogP contribution is -2.05. The molecule has 2 heteroatoms. The molecule has 0 saturated carbocycles. The fraction of sp³-hybridized carbons (Fsp3) is 0.278. The maximum absolute atomic E-state index is 10.9. The van der Waals surface area contributed by atoms with Crippen LogP contribution in [-0.4, -0.2) is 5.91 Å². The monoisotopic (exact) mass is 271 g/mol. The van der Waals surface area contributed by atoms with E-state index in [4.69, 9.17) is 0 Å². The Labute approximate surface area is 122 Å². The lowest BCUT2D eigenvalue weighted by atomic mass is 10.1. The second-order valence-electron chi connectivity index (χ2n) is 3.62. The zero-order valence-corrected chi connectivity index (χ0v) is 13.1. The number of carbonyl (C=O) groups excluding carboxylic acids is 1. The first-order chi connectivity index (χ1) is 9.75. The molecule has 0 unspecified atom stereocenters. The first kappa shape index (κ1) is 17.9. The van der Waals surface area contributed by atoms with Gasteiger partial charge in [0.1, 0.15) is 0 Å². The van der Waals surface area contributed by atoms with Gasteiger partial charge >= 0.3 is 0 Å². The molecule has 1 amide bonds. The average Bonchev–Trinajstić information content (AvgIpc) is 2.52. The first-order valence-electron chi connectivity index (χ1n) is 7.19. The van der Waals surface area contributed by atoms with E-state index in [1.165, 1.54) is 12.5 Å². The predicted molar refractivity (Wildman–Crippen MR) is 88.9 cm³/mol. The van der Waals surface area contributed by atoms with Crippen molar-refractivity contribution in [2.45, 2.75) is 34.6 Å². The average molecular weight is 271 g/mol. The van der Waals surface area contributed by atoms with Crippen molar-refractivity contribution in [1.82, 2.24) is 0 Å². The Bertz CT molecular complexity index is 475. The smallest absolute Gasteiger partial charge is 0.221 e. The van der Waals surface area contributed by atoms with E-state index in [1.807, 2.05) is 70.2 Å². The van der Waals surface area contributed by atoms with Crippen LogP contribution < -0.4 is 5.32 Å². The molecule has 20 heavy (non-hydrogen) atoms. The van der Waals surface area contributed by atoms with Crippen LogP contribution in [0.25, 0.3) is 11.1 Å². The minimum Gasteiger partial charge on any atom is -0.326 e. The first-order valence-corrected chi connectivity index (χ1v) is 7.19. The molecular formula is C18H25NO. The molecular weight excluding hydrogens is 246 g/mol. The van der Waals surface area contributed by atoms with E-state index in [9.17, 15) is 4.79 Å². The van der Waals surface area contributed by atoms with Gasteiger partial charge < -0.3 is 5.32 Å². The van der Waals surface area contributed by atoms with Crippen LogP contribution in [0.1, 0.15) is 34.6 Å². The summed E-state index contributed by atoms with van der Waals surface area (Å²) in [6.45, 7) is 9.51. The third-order valence-corrected chi connectivity index (χ3v) is 2.31. The number of rotatable bonds is 2. The van der Waals surface area contributed by atoms with Crippen LogP contribution in [0.4, 0.5) is 5.69 Å². The van der Waals surface area contributed by atoms with E-state index >= 15 is 0 Å². The standard InChI is InChI=1S/C14H13NO.2C2H6/c1-11(16)15-14-9-7-13(8-10-14)12-5-3-2-4-6-12;2*1-2/h2-10H,1H3,(H,15,16);2*1-2H3. The molecule has 0 fully saturated rings. The number of amides is 1. The van der Waals surface area contributed by atoms with Crippen LogP contribution in [-0.2, 0) is 4.79 Å². The van der Waals surface area contributed by atoms with Gasteiger partial charge in [-0.25, -0.2) is 0 Å². The third kappa shape index (κ3) is 6.19. The fourth-order valence-corrected chi connectivity index (χ4v) is 1.58. The van der Waals surface area contributed by atoms with E-state index in [0.717, 1.165) is 11.3 Å². The van der Waals surface area contributed by atoms with Crippen molar-refractivity contribution in [1.29, 1.82) is 0 Å². The third-order valence-electron chi connectivity index (χ3n) is 2.31. The molecule has 0 atom stereocenters. The fourth-order valence-electron chi connectivity index (χ4n) is 1.58. The summed E-state index contributed by atoms with van der Waals surface area (Å²) in [5.74, 6) is -0.0486. The van der Waals surface area contributed by atoms with Crippen molar-refractivity contribution in [2.24, 2.45) is 0 Å². The maximum Gasteiger partial charge on any atom is 0.221 e. The molecule has 2 aromatic carbocycles. The molecule has 0 bridgehead atoms. The lowest BCUT2D eigenvalue weighted by molar-refractivity contribution is -0.114. The minimum absolute atomic E-state index is 0.0486. The van der Waals surface area contributed by atoms with Crippen LogP contribution in [0.3, 0.4) is 0 Å². The highest BCUT2D eigenvalue weighted by molar-refractivity contribution is 5.88. The molecule has 108 valence electrons. The molecule has 2 rings (SSSR count). The topological polar surface area (TPSA) is 29.1 Å². The van der Waals surface area contributed by atoms with Gasteiger partial charge in [0.15, 0.2) is 0 Å². The molecule has 0 aromatic heterocycles. The largest absolute Gasteiger partial charge is 0.326 e. The van der Waals surface area contributed by atoms with Gasteiger partial charge in [0.25, 0.3) is 0 Å². The summed E-state index contributed by atoms with van der Waals surface area (Å²) in [7, 11) is 0. The van der Waals surface area contributed by atoms with Crippen molar-refractivity contribution < 1.29 is 4.79 Å². The molecule has 0 aliphatic rings. The predicted octanol–water partition coefficient (Wildman–Crippen LogP) is 5.36. The summed E-state index contributed by atoms with van der Waals surface area (Å²) in [5, 5.41) is 2.74. The summed E-state index contributed by atoms with van der Waals surface area (Å²) in [5.41, 5.74) is 3.15. The molecule has 0 aliphatic heterocycles. The summed E-state index contributed by atoms with van der Waals surface area (Å²) < 4.78 is 0. The molecule has 2 nitrogen and oxygen atoms in total. The van der Waals surface area contributed by atoms with Gasteiger partial charge in [0.2, 0.25) is 5.91 Å². The highest BCUT2D eigenvalue weighted by Crippen LogP contribution is 2.20. The molecule has 2 aromatic rings. The van der Waals surface area contributed by atoms with Crippen LogP contribution >= 0.6 is 0 Å². The van der Waals surface area contributed by atoms with Gasteiger partial charge in [0.05, 0.1) is 0 Å². The second-order valence-corrected chi connectivity index (χ2v) is 3.62. The van der Waals surface area contributed by atoms with E-state index in [1.54, 1.807) is 0 Å². The Hall–Kier alpha value is -2.09. The van der Waals surface area contributed by atoms with Crippen LogP contribution in [0.15, 0.2) is 54.6 Å². The van der Waals surface area contributed by atoms with Crippen molar-refractivity contribution in [2.75, 3.05) is 5.32 Å². The summed E-state index contributed by atoms with van der Waals surface area (Å²) >= 11 is 0. The summed E-state index contributed by atoms with van der Waals surface area (Å²) in [4.78, 5) is 10.9. The van der Waals surface area contributed by atoms with Gasteiger partial charge in [-0.3, -0.25) is 4.79 Å². The molecule has 1 N–H and O–H groups in total. The van der Waals surface area contributed by atoms with Crippen LogP contribution in [0.5, 0.6) is 0 Å². The Morgan fingerprint density at radius 2 is 1.20 bits per heavy atom. The molecule has 0 saturated heterocycles. The van der Waals surface area contributed by atoms with Gasteiger partial charge in [-0.15, -0.1) is 0 Å². The Kier molecular flexibility index (Phi) is 9.67. The van der Waals surface area contributed by atoms with Gasteiger partial charge in [0, 0.05) is 12.6 Å². The number of carbonyl (C=O) groups is 1. The number of anilines is 1. The Morgan fingerprint density at radius 1 is 0.750 bits per heavy atom. The number of nitrogens with one attached hydrogen (secondary N) is 1. The summed E-state index contributed by atoms with van der Waals surface area (Å²) in [6, 6.07) is 18.0. The van der Waals surface area contributed by atoms with E-state index in [0.29, 0.717) is 0 Å². The zero-order chi connectivity index (χ0) is 15.4. The van der Waals surface area contributed by atoms with Crippen molar-refractivity contribution in [3.05, 3.63) is 54.6 Å². The molecule has 0 spiro atoms. The van der Waals surface area contributed by atoms with Crippen molar-refractivity contribution >= 4 is 11.6 Å². The van der Waals surface area contributed by atoms with Gasteiger partial charge in [-0.05, 0) is 23.3 Å². The van der Waals surface area contributed by atoms with E-state index in [-0.39, 0.29) is 5.91 Å². The van der Waals surface area contributed by atoms with E-state index in [2.05, 4.69) is 17.4 Å². The highest BCUT2D eigenvalue weighted by atomic mass is 16.1. The van der Waals surface area contributed by atoms with Gasteiger partial charge in [-0.1, -0.05) is 70.2 Å². The quantitative estimate of drug-likeness (QED) is 0.782. The van der Waals surface area contributed by atoms with Crippen molar-refractivity contribution in [3.8, 4) is 11.1 Å². The van der Waals surface area contributed by atoms with Crippen LogP contribution in [0, 0.1) is 0 Å². The second kappa shape index (κ2) is 10.8. The van der Waals surface area contributed by atoms with Crippen LogP contribution in [0.2, 0.25) is 0 Å². The van der Waals surface area contributed by atoms with E-state index < -0.39 is 0 Å². The van der Waals surface area contributed by atoms with Gasteiger partial charge in [-0.2, -0.15) is 0 Å². The summed E-state index contributed by atoms with van der Waals surface area (Å²) in [6.07, 6.45) is 0. The Morgan fingerprint density at radius 3 is 1.65 bits per heavy atom. The number of hydrogen-bond acceptors (Lipinski definition) is 1.